The van der Waals surface area contributed by atoms with E-state index in [1.165, 1.54) is 0 Å². The van der Waals surface area contributed by atoms with E-state index in [2.05, 4.69) is 26.1 Å². The van der Waals surface area contributed by atoms with Gasteiger partial charge in [-0.3, -0.25) is 4.79 Å². The maximum Gasteiger partial charge on any atom is 0.224 e. The standard InChI is InChI=1S/C11H22N2O/c1-4-5-8(7-12)10(14)13-9-6-11(9,2)3/h8-9H,4-7,12H2,1-3H3,(H,13,14). The molecule has 1 saturated carbocycles. The minimum Gasteiger partial charge on any atom is -0.353 e. The van der Waals surface area contributed by atoms with E-state index in [4.69, 9.17) is 5.73 Å². The first-order valence-corrected chi connectivity index (χ1v) is 5.51. The van der Waals surface area contributed by atoms with E-state index in [1.807, 2.05) is 0 Å². The molecule has 0 aromatic carbocycles. The van der Waals surface area contributed by atoms with Crippen molar-refractivity contribution in [2.45, 2.75) is 46.1 Å². The van der Waals surface area contributed by atoms with E-state index in [9.17, 15) is 4.79 Å². The SMILES string of the molecule is CCCC(CN)C(=O)NC1CC1(C)C. The van der Waals surface area contributed by atoms with Crippen molar-refractivity contribution in [1.29, 1.82) is 0 Å². The van der Waals surface area contributed by atoms with Crippen LogP contribution in [0.25, 0.3) is 0 Å². The van der Waals surface area contributed by atoms with Gasteiger partial charge in [0.05, 0.1) is 5.92 Å². The van der Waals surface area contributed by atoms with Crippen molar-refractivity contribution in [2.24, 2.45) is 17.1 Å². The Kier molecular flexibility index (Phi) is 3.53. The average Bonchev–Trinajstić information content (AvgIpc) is 2.69. The summed E-state index contributed by atoms with van der Waals surface area (Å²) in [5.41, 5.74) is 5.87. The van der Waals surface area contributed by atoms with Crippen LogP contribution in [0.15, 0.2) is 0 Å². The van der Waals surface area contributed by atoms with Crippen molar-refractivity contribution < 1.29 is 4.79 Å². The van der Waals surface area contributed by atoms with Crippen molar-refractivity contribution in [1.82, 2.24) is 5.32 Å². The third-order valence-corrected chi connectivity index (χ3v) is 3.12. The van der Waals surface area contributed by atoms with Gasteiger partial charge in [0.1, 0.15) is 0 Å². The fraction of sp³-hybridized carbons (Fsp3) is 0.909. The molecule has 1 aliphatic carbocycles. The van der Waals surface area contributed by atoms with Crippen LogP contribution in [0.3, 0.4) is 0 Å². The molecule has 0 heterocycles. The van der Waals surface area contributed by atoms with Crippen molar-refractivity contribution in [3.63, 3.8) is 0 Å². The Morgan fingerprint density at radius 3 is 2.57 bits per heavy atom. The number of nitrogens with two attached hydrogens (primary N) is 1. The molecule has 0 saturated heterocycles. The Morgan fingerprint density at radius 1 is 1.64 bits per heavy atom. The van der Waals surface area contributed by atoms with Crippen LogP contribution >= 0.6 is 0 Å². The largest absolute Gasteiger partial charge is 0.353 e. The van der Waals surface area contributed by atoms with E-state index in [-0.39, 0.29) is 11.8 Å². The van der Waals surface area contributed by atoms with Gasteiger partial charge in [-0.25, -0.2) is 0 Å². The summed E-state index contributed by atoms with van der Waals surface area (Å²) >= 11 is 0. The van der Waals surface area contributed by atoms with Crippen LogP contribution < -0.4 is 11.1 Å². The molecule has 0 aliphatic heterocycles. The zero-order chi connectivity index (χ0) is 10.8. The summed E-state index contributed by atoms with van der Waals surface area (Å²) in [5.74, 6) is 0.154. The van der Waals surface area contributed by atoms with Gasteiger partial charge < -0.3 is 11.1 Å². The van der Waals surface area contributed by atoms with Crippen LogP contribution in [-0.4, -0.2) is 18.5 Å². The fourth-order valence-electron chi connectivity index (χ4n) is 1.71. The summed E-state index contributed by atoms with van der Waals surface area (Å²) in [4.78, 5) is 11.7. The highest BCUT2D eigenvalue weighted by atomic mass is 16.2. The molecule has 82 valence electrons. The summed E-state index contributed by atoms with van der Waals surface area (Å²) in [6, 6.07) is 0.376. The molecule has 3 heteroatoms. The lowest BCUT2D eigenvalue weighted by Gasteiger charge is -2.14. The topological polar surface area (TPSA) is 55.1 Å². The Morgan fingerprint density at radius 2 is 2.21 bits per heavy atom. The van der Waals surface area contributed by atoms with Crippen LogP contribution in [0, 0.1) is 11.3 Å². The first kappa shape index (κ1) is 11.5. The molecule has 1 fully saturated rings. The molecule has 0 radical (unpaired) electrons. The molecule has 0 spiro atoms. The number of hydrogen-bond donors (Lipinski definition) is 2. The summed E-state index contributed by atoms with van der Waals surface area (Å²) < 4.78 is 0. The Bertz CT molecular complexity index is 213. The first-order valence-electron chi connectivity index (χ1n) is 5.51. The highest BCUT2D eigenvalue weighted by Crippen LogP contribution is 2.44. The summed E-state index contributed by atoms with van der Waals surface area (Å²) in [7, 11) is 0. The van der Waals surface area contributed by atoms with E-state index in [0.717, 1.165) is 19.3 Å². The molecular weight excluding hydrogens is 176 g/mol. The highest BCUT2D eigenvalue weighted by Gasteiger charge is 2.46. The van der Waals surface area contributed by atoms with Gasteiger partial charge in [0.2, 0.25) is 5.91 Å². The number of hydrogen-bond acceptors (Lipinski definition) is 2. The molecule has 1 rings (SSSR count). The second-order valence-electron chi connectivity index (χ2n) is 4.98. The number of rotatable bonds is 5. The van der Waals surface area contributed by atoms with Crippen LogP contribution in [0.2, 0.25) is 0 Å². The van der Waals surface area contributed by atoms with Crippen LogP contribution in [0.5, 0.6) is 0 Å². The number of nitrogens with one attached hydrogen (secondary N) is 1. The van der Waals surface area contributed by atoms with Gasteiger partial charge in [-0.2, -0.15) is 0 Å². The van der Waals surface area contributed by atoms with Crippen molar-refractivity contribution in [2.75, 3.05) is 6.54 Å². The first-order chi connectivity index (χ1) is 6.51. The monoisotopic (exact) mass is 198 g/mol. The zero-order valence-electron chi connectivity index (χ0n) is 9.47. The smallest absolute Gasteiger partial charge is 0.224 e. The Labute approximate surface area is 86.4 Å². The van der Waals surface area contributed by atoms with E-state index in [0.29, 0.717) is 18.0 Å². The second kappa shape index (κ2) is 4.30. The highest BCUT2D eigenvalue weighted by molar-refractivity contribution is 5.79. The van der Waals surface area contributed by atoms with Gasteiger partial charge in [-0.15, -0.1) is 0 Å². The molecular formula is C11H22N2O. The van der Waals surface area contributed by atoms with E-state index in [1.54, 1.807) is 0 Å². The summed E-state index contributed by atoms with van der Waals surface area (Å²) in [5, 5.41) is 3.06. The zero-order valence-corrected chi connectivity index (χ0v) is 9.47. The lowest BCUT2D eigenvalue weighted by atomic mass is 10.0. The lowest BCUT2D eigenvalue weighted by Crippen LogP contribution is -2.37. The molecule has 14 heavy (non-hydrogen) atoms. The summed E-state index contributed by atoms with van der Waals surface area (Å²) in [6.07, 6.45) is 3.01. The minimum atomic E-state index is 0.0106. The van der Waals surface area contributed by atoms with Gasteiger partial charge in [0, 0.05) is 12.6 Å². The quantitative estimate of drug-likeness (QED) is 0.699. The van der Waals surface area contributed by atoms with Crippen molar-refractivity contribution >= 4 is 5.91 Å². The molecule has 2 atom stereocenters. The summed E-state index contributed by atoms with van der Waals surface area (Å²) in [6.45, 7) is 6.90. The van der Waals surface area contributed by atoms with Crippen molar-refractivity contribution in [3.8, 4) is 0 Å². The fourth-order valence-corrected chi connectivity index (χ4v) is 1.71. The van der Waals surface area contributed by atoms with Gasteiger partial charge in [0.15, 0.2) is 0 Å². The normalized spacial score (nSPS) is 25.6. The molecule has 2 unspecified atom stereocenters. The predicted molar refractivity (Wildman–Crippen MR) is 57.8 cm³/mol. The van der Waals surface area contributed by atoms with Crippen molar-refractivity contribution in [3.05, 3.63) is 0 Å². The molecule has 3 N–H and O–H groups in total. The number of amides is 1. The molecule has 0 bridgehead atoms. The minimum absolute atomic E-state index is 0.0106. The molecule has 0 aromatic rings. The van der Waals surface area contributed by atoms with Gasteiger partial charge in [-0.05, 0) is 18.3 Å². The van der Waals surface area contributed by atoms with E-state index >= 15 is 0 Å². The molecule has 1 aliphatic rings. The second-order valence-corrected chi connectivity index (χ2v) is 4.98. The molecule has 0 aromatic heterocycles. The maximum absolute atomic E-state index is 11.7. The van der Waals surface area contributed by atoms with Crippen LogP contribution in [-0.2, 0) is 4.79 Å². The Balaban J connectivity index is 2.33. The van der Waals surface area contributed by atoms with E-state index < -0.39 is 0 Å². The van der Waals surface area contributed by atoms with Gasteiger partial charge in [-0.1, -0.05) is 27.2 Å². The Hall–Kier alpha value is -0.570. The third-order valence-electron chi connectivity index (χ3n) is 3.12. The average molecular weight is 198 g/mol. The predicted octanol–water partition coefficient (Wildman–Crippen LogP) is 1.28. The number of carbonyl (C=O) groups excluding carboxylic acids is 1. The third kappa shape index (κ3) is 2.71. The van der Waals surface area contributed by atoms with Gasteiger partial charge >= 0.3 is 0 Å². The lowest BCUT2D eigenvalue weighted by molar-refractivity contribution is -0.125. The van der Waals surface area contributed by atoms with Crippen LogP contribution in [0.1, 0.15) is 40.0 Å². The molecule has 1 amide bonds. The molecule has 3 nitrogen and oxygen atoms in total. The maximum atomic E-state index is 11.7. The number of carbonyl (C=O) groups is 1. The van der Waals surface area contributed by atoms with Gasteiger partial charge in [0.25, 0.3) is 0 Å². The van der Waals surface area contributed by atoms with Crippen LogP contribution in [0.4, 0.5) is 0 Å².